The first-order chi connectivity index (χ1) is 14.0. The topological polar surface area (TPSA) is 64.7 Å². The van der Waals surface area contributed by atoms with E-state index in [-0.39, 0.29) is 30.1 Å². The van der Waals surface area contributed by atoms with Gasteiger partial charge in [0.05, 0.1) is 12.1 Å². The molecule has 29 heavy (non-hydrogen) atoms. The SMILES string of the molecule is CC(C)NC(=O)N1CCN(C(C(=O)NC(C)c2ccccc2)C2CCCC2)CC1. The fourth-order valence-corrected chi connectivity index (χ4v) is 4.62. The van der Waals surface area contributed by atoms with E-state index in [1.807, 2.05) is 43.9 Å². The summed E-state index contributed by atoms with van der Waals surface area (Å²) in [5, 5.41) is 6.22. The zero-order valence-corrected chi connectivity index (χ0v) is 18.1. The fourth-order valence-electron chi connectivity index (χ4n) is 4.62. The Labute approximate surface area is 175 Å². The van der Waals surface area contributed by atoms with Gasteiger partial charge in [-0.25, -0.2) is 4.79 Å². The van der Waals surface area contributed by atoms with E-state index in [2.05, 4.69) is 27.7 Å². The number of hydrogen-bond donors (Lipinski definition) is 2. The van der Waals surface area contributed by atoms with Crippen molar-refractivity contribution in [2.24, 2.45) is 5.92 Å². The van der Waals surface area contributed by atoms with Crippen molar-refractivity contribution in [3.8, 4) is 0 Å². The highest BCUT2D eigenvalue weighted by molar-refractivity contribution is 5.82. The maximum absolute atomic E-state index is 13.3. The molecule has 3 amide bonds. The van der Waals surface area contributed by atoms with Crippen LogP contribution >= 0.6 is 0 Å². The third kappa shape index (κ3) is 5.72. The lowest BCUT2D eigenvalue weighted by Crippen LogP contribution is -2.59. The maximum Gasteiger partial charge on any atom is 0.317 e. The van der Waals surface area contributed by atoms with Crippen molar-refractivity contribution in [2.75, 3.05) is 26.2 Å². The Hall–Kier alpha value is -2.08. The van der Waals surface area contributed by atoms with Gasteiger partial charge in [0.1, 0.15) is 0 Å². The summed E-state index contributed by atoms with van der Waals surface area (Å²) >= 11 is 0. The van der Waals surface area contributed by atoms with Gasteiger partial charge >= 0.3 is 6.03 Å². The molecule has 0 bridgehead atoms. The Balaban J connectivity index is 1.63. The summed E-state index contributed by atoms with van der Waals surface area (Å²) in [4.78, 5) is 29.8. The highest BCUT2D eigenvalue weighted by Crippen LogP contribution is 2.31. The minimum Gasteiger partial charge on any atom is -0.348 e. The van der Waals surface area contributed by atoms with Gasteiger partial charge in [-0.05, 0) is 45.1 Å². The molecular weight excluding hydrogens is 364 g/mol. The monoisotopic (exact) mass is 400 g/mol. The standard InChI is InChI=1S/C23H36N4O2/c1-17(2)24-23(29)27-15-13-26(14-16-27)21(20-11-7-8-12-20)22(28)25-18(3)19-9-5-4-6-10-19/h4-6,9-10,17-18,20-21H,7-8,11-16H2,1-3H3,(H,24,29)(H,25,28). The van der Waals surface area contributed by atoms with E-state index < -0.39 is 0 Å². The molecule has 1 aromatic carbocycles. The summed E-state index contributed by atoms with van der Waals surface area (Å²) in [6.07, 6.45) is 4.65. The van der Waals surface area contributed by atoms with Crippen molar-refractivity contribution in [1.29, 1.82) is 0 Å². The van der Waals surface area contributed by atoms with Crippen LogP contribution in [0, 0.1) is 5.92 Å². The van der Waals surface area contributed by atoms with E-state index >= 15 is 0 Å². The Bertz CT molecular complexity index is 665. The first-order valence-corrected chi connectivity index (χ1v) is 11.1. The van der Waals surface area contributed by atoms with Gasteiger partial charge in [0.25, 0.3) is 0 Å². The third-order valence-corrected chi connectivity index (χ3v) is 6.18. The number of carbonyl (C=O) groups excluding carboxylic acids is 2. The quantitative estimate of drug-likeness (QED) is 0.771. The average molecular weight is 401 g/mol. The van der Waals surface area contributed by atoms with Crippen molar-refractivity contribution < 1.29 is 9.59 Å². The van der Waals surface area contributed by atoms with Crippen LogP contribution in [0.4, 0.5) is 4.79 Å². The van der Waals surface area contributed by atoms with E-state index in [9.17, 15) is 9.59 Å². The van der Waals surface area contributed by atoms with Crippen LogP contribution in [-0.4, -0.2) is 60.0 Å². The van der Waals surface area contributed by atoms with Gasteiger partial charge in [-0.2, -0.15) is 0 Å². The smallest absolute Gasteiger partial charge is 0.317 e. The van der Waals surface area contributed by atoms with Crippen LogP contribution in [0.15, 0.2) is 30.3 Å². The van der Waals surface area contributed by atoms with Crippen molar-refractivity contribution in [3.63, 3.8) is 0 Å². The molecule has 6 heteroatoms. The molecular formula is C23H36N4O2. The Morgan fingerprint density at radius 1 is 0.931 bits per heavy atom. The van der Waals surface area contributed by atoms with E-state index in [0.717, 1.165) is 31.5 Å². The van der Waals surface area contributed by atoms with Crippen LogP contribution in [0.1, 0.15) is 58.1 Å². The number of piperazine rings is 1. The van der Waals surface area contributed by atoms with Crippen molar-refractivity contribution in [3.05, 3.63) is 35.9 Å². The molecule has 2 atom stereocenters. The lowest BCUT2D eigenvalue weighted by Gasteiger charge is -2.41. The summed E-state index contributed by atoms with van der Waals surface area (Å²) in [6, 6.07) is 10.2. The second kappa shape index (κ2) is 10.1. The molecule has 2 fully saturated rings. The normalized spacial score (nSPS) is 20.5. The molecule has 160 valence electrons. The van der Waals surface area contributed by atoms with Crippen LogP contribution in [0.25, 0.3) is 0 Å². The predicted octanol–water partition coefficient (Wildman–Crippen LogP) is 3.16. The first-order valence-electron chi connectivity index (χ1n) is 11.1. The van der Waals surface area contributed by atoms with Crippen LogP contribution in [0.2, 0.25) is 0 Å². The van der Waals surface area contributed by atoms with E-state index in [0.29, 0.717) is 19.0 Å². The number of nitrogens with one attached hydrogen (secondary N) is 2. The van der Waals surface area contributed by atoms with Crippen LogP contribution in [-0.2, 0) is 4.79 Å². The molecule has 1 aromatic rings. The minimum atomic E-state index is -0.0982. The minimum absolute atomic E-state index is 0.000724. The number of carbonyl (C=O) groups is 2. The summed E-state index contributed by atoms with van der Waals surface area (Å²) in [5.41, 5.74) is 1.13. The van der Waals surface area contributed by atoms with Crippen LogP contribution in [0.5, 0.6) is 0 Å². The van der Waals surface area contributed by atoms with Gasteiger partial charge < -0.3 is 15.5 Å². The number of amides is 3. The van der Waals surface area contributed by atoms with Crippen LogP contribution < -0.4 is 10.6 Å². The Morgan fingerprint density at radius 2 is 1.55 bits per heavy atom. The largest absolute Gasteiger partial charge is 0.348 e. The van der Waals surface area contributed by atoms with Crippen molar-refractivity contribution in [1.82, 2.24) is 20.4 Å². The van der Waals surface area contributed by atoms with Gasteiger partial charge in [0.2, 0.25) is 5.91 Å². The zero-order chi connectivity index (χ0) is 20.8. The lowest BCUT2D eigenvalue weighted by molar-refractivity contribution is -0.129. The van der Waals surface area contributed by atoms with Gasteiger partial charge in [-0.15, -0.1) is 0 Å². The molecule has 1 aliphatic heterocycles. The van der Waals surface area contributed by atoms with Gasteiger partial charge in [0, 0.05) is 32.2 Å². The second-order valence-corrected chi connectivity index (χ2v) is 8.76. The third-order valence-electron chi connectivity index (χ3n) is 6.18. The molecule has 2 unspecified atom stereocenters. The summed E-state index contributed by atoms with van der Waals surface area (Å²) in [7, 11) is 0. The molecule has 2 aliphatic rings. The molecule has 0 aromatic heterocycles. The number of rotatable bonds is 6. The van der Waals surface area contributed by atoms with Crippen molar-refractivity contribution >= 4 is 11.9 Å². The molecule has 0 radical (unpaired) electrons. The molecule has 0 spiro atoms. The number of benzene rings is 1. The Kier molecular flexibility index (Phi) is 7.53. The molecule has 1 saturated carbocycles. The molecule has 6 nitrogen and oxygen atoms in total. The molecule has 2 N–H and O–H groups in total. The second-order valence-electron chi connectivity index (χ2n) is 8.76. The molecule has 1 heterocycles. The number of nitrogens with zero attached hydrogens (tertiary/aromatic N) is 2. The summed E-state index contributed by atoms with van der Waals surface area (Å²) in [5.74, 6) is 0.544. The Morgan fingerprint density at radius 3 is 2.14 bits per heavy atom. The molecule has 1 saturated heterocycles. The van der Waals surface area contributed by atoms with Crippen LogP contribution in [0.3, 0.4) is 0 Å². The van der Waals surface area contributed by atoms with Gasteiger partial charge in [-0.1, -0.05) is 43.2 Å². The lowest BCUT2D eigenvalue weighted by atomic mass is 9.94. The summed E-state index contributed by atoms with van der Waals surface area (Å²) < 4.78 is 0. The maximum atomic E-state index is 13.3. The molecule has 3 rings (SSSR count). The summed E-state index contributed by atoms with van der Waals surface area (Å²) in [6.45, 7) is 8.84. The van der Waals surface area contributed by atoms with E-state index in [1.54, 1.807) is 0 Å². The predicted molar refractivity (Wildman–Crippen MR) is 116 cm³/mol. The fraction of sp³-hybridized carbons (Fsp3) is 0.652. The van der Waals surface area contributed by atoms with Crippen molar-refractivity contribution in [2.45, 2.75) is 64.6 Å². The highest BCUT2D eigenvalue weighted by Gasteiger charge is 2.37. The molecule has 1 aliphatic carbocycles. The first kappa shape index (κ1) is 21.6. The van der Waals surface area contributed by atoms with Gasteiger partial charge in [-0.3, -0.25) is 9.69 Å². The zero-order valence-electron chi connectivity index (χ0n) is 18.1. The van der Waals surface area contributed by atoms with E-state index in [4.69, 9.17) is 0 Å². The highest BCUT2D eigenvalue weighted by atomic mass is 16.2. The average Bonchev–Trinajstić information content (AvgIpc) is 3.23. The van der Waals surface area contributed by atoms with E-state index in [1.165, 1.54) is 12.8 Å². The number of urea groups is 1. The van der Waals surface area contributed by atoms with Gasteiger partial charge in [0.15, 0.2) is 0 Å². The number of hydrogen-bond acceptors (Lipinski definition) is 3.